The van der Waals surface area contributed by atoms with Gasteiger partial charge in [-0.3, -0.25) is 9.59 Å². The maximum absolute atomic E-state index is 13.0. The molecule has 0 aromatic heterocycles. The molecule has 216 valence electrons. The van der Waals surface area contributed by atoms with E-state index in [4.69, 9.17) is 0 Å². The summed E-state index contributed by atoms with van der Waals surface area (Å²) in [6, 6.07) is 21.9. The highest BCUT2D eigenvalue weighted by molar-refractivity contribution is 5.97. The smallest absolute Gasteiger partial charge is 0.252 e. The maximum atomic E-state index is 13.0. The van der Waals surface area contributed by atoms with E-state index in [1.807, 2.05) is 36.4 Å². The van der Waals surface area contributed by atoms with E-state index in [1.165, 1.54) is 55.9 Å². The highest BCUT2D eigenvalue weighted by Gasteiger charge is 2.46. The van der Waals surface area contributed by atoms with Gasteiger partial charge >= 0.3 is 0 Å². The molecule has 1 saturated carbocycles. The van der Waals surface area contributed by atoms with Crippen molar-refractivity contribution >= 4 is 28.9 Å². The first-order valence-corrected chi connectivity index (χ1v) is 14.7. The van der Waals surface area contributed by atoms with E-state index in [0.29, 0.717) is 18.5 Å². The first-order valence-electron chi connectivity index (χ1n) is 14.7. The Balaban J connectivity index is 0.000000335. The molecule has 1 aliphatic rings. The summed E-state index contributed by atoms with van der Waals surface area (Å²) in [6.07, 6.45) is 8.11. The Labute approximate surface area is 241 Å². The van der Waals surface area contributed by atoms with Crippen molar-refractivity contribution in [2.45, 2.75) is 92.2 Å². The van der Waals surface area contributed by atoms with Gasteiger partial charge in [0, 0.05) is 12.1 Å². The highest BCUT2D eigenvalue weighted by Crippen LogP contribution is 2.48. The number of fused-ring (bicyclic) bond motifs is 1. The third kappa shape index (κ3) is 10.6. The fraction of sp³-hybridized carbons (Fsp3) is 0.457. The van der Waals surface area contributed by atoms with E-state index < -0.39 is 0 Å². The Hall–Kier alpha value is -3.47. The van der Waals surface area contributed by atoms with Crippen LogP contribution in [0, 0.1) is 11.8 Å². The van der Waals surface area contributed by atoms with Crippen LogP contribution in [-0.4, -0.2) is 18.1 Å². The minimum absolute atomic E-state index is 0.0984. The molecule has 0 bridgehead atoms. The van der Waals surface area contributed by atoms with Gasteiger partial charge in [0.2, 0.25) is 6.41 Å². The van der Waals surface area contributed by atoms with Gasteiger partial charge in [-0.15, -0.1) is 0 Å². The third-order valence-corrected chi connectivity index (χ3v) is 7.22. The monoisotopic (exact) mass is 544 g/mol. The lowest BCUT2D eigenvalue weighted by Gasteiger charge is -2.21. The fourth-order valence-corrected chi connectivity index (χ4v) is 4.64. The van der Waals surface area contributed by atoms with E-state index in [-0.39, 0.29) is 17.2 Å². The molecule has 0 aliphatic heterocycles. The Morgan fingerprint density at radius 3 is 2.15 bits per heavy atom. The molecule has 5 heteroatoms. The summed E-state index contributed by atoms with van der Waals surface area (Å²) in [5, 5.41) is 8.25. The Morgan fingerprint density at radius 1 is 0.900 bits per heavy atom. The van der Waals surface area contributed by atoms with Crippen molar-refractivity contribution in [3.63, 3.8) is 0 Å². The lowest BCUT2D eigenvalue weighted by atomic mass is 9.96. The van der Waals surface area contributed by atoms with Gasteiger partial charge in [0.25, 0.3) is 5.91 Å². The number of ketones is 1. The Bertz CT molecular complexity index is 1220. The molecule has 5 nitrogen and oxygen atoms in total. The molecule has 0 saturated heterocycles. The number of nitrogens with one attached hydrogen (secondary N) is 2. The average molecular weight is 545 g/mol. The van der Waals surface area contributed by atoms with Crippen LogP contribution in [0.15, 0.2) is 66.7 Å². The van der Waals surface area contributed by atoms with Crippen LogP contribution in [0.25, 0.3) is 10.8 Å². The van der Waals surface area contributed by atoms with Crippen LogP contribution in [0.5, 0.6) is 0 Å². The molecule has 0 radical (unpaired) electrons. The summed E-state index contributed by atoms with van der Waals surface area (Å²) in [4.78, 5) is 33.0. The van der Waals surface area contributed by atoms with Crippen LogP contribution < -0.4 is 10.6 Å². The second kappa shape index (κ2) is 16.6. The van der Waals surface area contributed by atoms with Crippen LogP contribution in [0.1, 0.15) is 102 Å². The first-order chi connectivity index (χ1) is 19.1. The quantitative estimate of drug-likeness (QED) is 0.240. The number of carbonyl (C=O) groups excluding carboxylic acids is 3. The van der Waals surface area contributed by atoms with Crippen molar-refractivity contribution in [3.05, 3.63) is 83.4 Å². The molecule has 3 aromatic rings. The zero-order valence-electron chi connectivity index (χ0n) is 25.3. The van der Waals surface area contributed by atoms with Gasteiger partial charge in [-0.25, -0.2) is 0 Å². The van der Waals surface area contributed by atoms with Gasteiger partial charge < -0.3 is 15.4 Å². The molecule has 3 aromatic carbocycles. The molecule has 1 atom stereocenters. The van der Waals surface area contributed by atoms with Gasteiger partial charge in [0.15, 0.2) is 0 Å². The van der Waals surface area contributed by atoms with E-state index in [9.17, 15) is 14.4 Å². The SMILES string of the molecule is CC(C)=O.CCC(C)CCCC(C)C.O=CNCc1ccccc1C(=O)NC1(c2cccc3ccccc23)CC1. The molecule has 40 heavy (non-hydrogen) atoms. The van der Waals surface area contributed by atoms with E-state index in [1.54, 1.807) is 6.07 Å². The molecule has 2 N–H and O–H groups in total. The van der Waals surface area contributed by atoms with Gasteiger partial charge in [-0.05, 0) is 66.5 Å². The summed E-state index contributed by atoms with van der Waals surface area (Å²) in [6.45, 7) is 12.6. The molecule has 2 amide bonds. The number of hydrogen-bond donors (Lipinski definition) is 2. The maximum Gasteiger partial charge on any atom is 0.252 e. The van der Waals surface area contributed by atoms with E-state index >= 15 is 0 Å². The van der Waals surface area contributed by atoms with E-state index in [2.05, 4.69) is 62.6 Å². The van der Waals surface area contributed by atoms with Crippen LogP contribution in [0.2, 0.25) is 0 Å². The molecule has 1 fully saturated rings. The molecule has 0 heterocycles. The molecule has 4 rings (SSSR count). The van der Waals surface area contributed by atoms with Gasteiger partial charge in [0.05, 0.1) is 5.54 Å². The minimum atomic E-state index is -0.302. The zero-order valence-corrected chi connectivity index (χ0v) is 25.3. The van der Waals surface area contributed by atoms with Crippen LogP contribution in [0.3, 0.4) is 0 Å². The summed E-state index contributed by atoms with van der Waals surface area (Å²) in [5.41, 5.74) is 2.29. The number of carbonyl (C=O) groups is 3. The number of hydrogen-bond acceptors (Lipinski definition) is 3. The summed E-state index contributed by atoms with van der Waals surface area (Å²) >= 11 is 0. The zero-order chi connectivity index (χ0) is 29.5. The summed E-state index contributed by atoms with van der Waals surface area (Å²) in [5.74, 6) is 1.90. The summed E-state index contributed by atoms with van der Waals surface area (Å²) < 4.78 is 0. The highest BCUT2D eigenvalue weighted by atomic mass is 16.2. The molecular formula is C35H48N2O3. The van der Waals surface area contributed by atoms with Crippen molar-refractivity contribution in [2.75, 3.05) is 0 Å². The first kappa shape index (κ1) is 32.7. The number of amides is 2. The molecule has 1 unspecified atom stereocenters. The predicted molar refractivity (Wildman–Crippen MR) is 166 cm³/mol. The van der Waals surface area contributed by atoms with Crippen LogP contribution in [0.4, 0.5) is 0 Å². The lowest BCUT2D eigenvalue weighted by Crippen LogP contribution is -2.35. The molecular weight excluding hydrogens is 496 g/mol. The van der Waals surface area contributed by atoms with Crippen LogP contribution >= 0.6 is 0 Å². The van der Waals surface area contributed by atoms with Crippen molar-refractivity contribution in [1.82, 2.24) is 10.6 Å². The van der Waals surface area contributed by atoms with Gasteiger partial charge in [-0.1, -0.05) is 114 Å². The normalized spacial score (nSPS) is 13.7. The summed E-state index contributed by atoms with van der Waals surface area (Å²) in [7, 11) is 0. The number of Topliss-reactive ketones (excluding diaryl/α,β-unsaturated/α-hetero) is 1. The second-order valence-corrected chi connectivity index (χ2v) is 11.5. The lowest BCUT2D eigenvalue weighted by molar-refractivity contribution is -0.115. The van der Waals surface area contributed by atoms with Crippen molar-refractivity contribution in [3.8, 4) is 0 Å². The standard InChI is InChI=1S/C22H20N2O2.C10H22.C3H6O/c25-15-23-14-17-7-2-4-10-19(17)21(26)24-22(12-13-22)20-11-5-8-16-6-1-3-9-18(16)20;1-5-10(4)8-6-7-9(2)3;1-3(2)4/h1-11,15H,12-14H2,(H,23,25)(H,24,26);9-10H,5-8H2,1-4H3;1-2H3. The molecule has 0 spiro atoms. The van der Waals surface area contributed by atoms with E-state index in [0.717, 1.165) is 30.2 Å². The number of benzene rings is 3. The fourth-order valence-electron chi connectivity index (χ4n) is 4.64. The molecule has 1 aliphatic carbocycles. The second-order valence-electron chi connectivity index (χ2n) is 11.5. The van der Waals surface area contributed by atoms with Crippen molar-refractivity contribution in [2.24, 2.45) is 11.8 Å². The largest absolute Gasteiger partial charge is 0.355 e. The minimum Gasteiger partial charge on any atom is -0.355 e. The Morgan fingerprint density at radius 2 is 1.52 bits per heavy atom. The van der Waals surface area contributed by atoms with Crippen molar-refractivity contribution in [1.29, 1.82) is 0 Å². The van der Waals surface area contributed by atoms with Gasteiger partial charge in [0.1, 0.15) is 5.78 Å². The van der Waals surface area contributed by atoms with Crippen molar-refractivity contribution < 1.29 is 14.4 Å². The third-order valence-electron chi connectivity index (χ3n) is 7.22. The average Bonchev–Trinajstić information content (AvgIpc) is 3.71. The number of rotatable bonds is 11. The Kier molecular flexibility index (Phi) is 13.6. The topological polar surface area (TPSA) is 75.3 Å². The van der Waals surface area contributed by atoms with Gasteiger partial charge in [-0.2, -0.15) is 0 Å². The predicted octanol–water partition coefficient (Wildman–Crippen LogP) is 7.96. The van der Waals surface area contributed by atoms with Crippen LogP contribution in [-0.2, 0) is 21.7 Å².